The fourth-order valence-electron chi connectivity index (χ4n) is 13.2. The number of nitrogens with one attached hydrogen (secondary N) is 1. The number of aliphatic hydroxyl groups is 1. The number of ketones is 4. The van der Waals surface area contributed by atoms with Crippen molar-refractivity contribution < 1.29 is 131 Å². The normalized spacial score (nSPS) is 20.8. The van der Waals surface area contributed by atoms with E-state index in [1.807, 2.05) is 240 Å². The fraction of sp³-hybridized carbons (Fsp3) is 0.390. The smallest absolute Gasteiger partial charge is 0.331 e. The van der Waals surface area contributed by atoms with E-state index in [1.165, 1.54) is 5.56 Å². The molecule has 147 heavy (non-hydrogen) atoms. The van der Waals surface area contributed by atoms with Crippen molar-refractivity contribution in [3.05, 3.63) is 326 Å². The maximum Gasteiger partial charge on any atom is 0.331 e. The van der Waals surface area contributed by atoms with E-state index in [-0.39, 0.29) is 87.6 Å². The van der Waals surface area contributed by atoms with E-state index < -0.39 is 153 Å². The van der Waals surface area contributed by atoms with Crippen LogP contribution in [0.1, 0.15) is 232 Å². The van der Waals surface area contributed by atoms with Gasteiger partial charge >= 0.3 is 17.9 Å². The standard InChI is InChI=1S/2C22H21O2P.4C12H15NO.C9H17NO2.C5H10O2.4C4H8O.CH2O/c2*1-2-24-22(23)18-25(19-12-6-3-7-13-19,20-14-8-4-9-15-20)21-16-10-5-11-17-21;4*14-12-6-8-13(9-7-12)10-11-4-2-1-3-5-11;1-2-12-9(11)7-8-3-5-10-6-4-8;1-5(2,3-6)4-7;4*1-4(2)3-5;1-2/h2*3-18H,2H2,1H3;4*1-5H,6-10H2;8,10H,2-7H2,1H3;3,7H,4H2,1-2H3;4*3-4H,1-2H3;1H2/i18D;;6D2,7D2,8D2,9D2;8D2,9D2;6D2,7D2;;;;2*1D3,2D3,3D,4D;3D;;1D2. The molecule has 0 unspecified atom stereocenters. The van der Waals surface area contributed by atoms with Gasteiger partial charge in [-0.15, -0.1) is 0 Å². The Balaban J connectivity index is 0.000000520. The molecule has 2 N–H and O–H groups in total. The van der Waals surface area contributed by atoms with Crippen LogP contribution in [0.15, 0.2) is 303 Å². The van der Waals surface area contributed by atoms with Crippen molar-refractivity contribution in [1.82, 2.24) is 24.9 Å². The van der Waals surface area contributed by atoms with Crippen LogP contribution < -0.4 is 37.1 Å². The van der Waals surface area contributed by atoms with E-state index in [0.717, 1.165) is 119 Å². The van der Waals surface area contributed by atoms with Crippen molar-refractivity contribution in [3.63, 3.8) is 0 Å². The van der Waals surface area contributed by atoms with Crippen molar-refractivity contribution in [2.75, 3.05) is 91.7 Å². The summed E-state index contributed by atoms with van der Waals surface area (Å²) < 4.78 is 274. The molecule has 0 aliphatic carbocycles. The second-order valence-electron chi connectivity index (χ2n) is 33.5. The Labute approximate surface area is 927 Å². The third-order valence-electron chi connectivity index (χ3n) is 20.4. The quantitative estimate of drug-likeness (QED) is 0.0209. The van der Waals surface area contributed by atoms with E-state index in [2.05, 4.69) is 70.9 Å². The minimum Gasteiger partial charge on any atom is -0.466 e. The van der Waals surface area contributed by atoms with Gasteiger partial charge in [-0.05, 0) is 120 Å². The molecule has 0 atom stereocenters. The van der Waals surface area contributed by atoms with Crippen LogP contribution in [0.4, 0.5) is 0 Å². The van der Waals surface area contributed by atoms with E-state index >= 15 is 0 Å². The number of aliphatic hydroxyl groups excluding tert-OH is 1. The minimum atomic E-state index is -3.35. The molecule has 10 aromatic rings. The van der Waals surface area contributed by atoms with Gasteiger partial charge in [0.1, 0.15) is 68.1 Å². The first-order chi connectivity index (χ1) is 84.8. The number of esters is 3. The van der Waals surface area contributed by atoms with Crippen molar-refractivity contribution in [2.24, 2.45) is 35.0 Å². The Morgan fingerprint density at radius 2 is 0.714 bits per heavy atom. The highest BCUT2D eigenvalue weighted by Crippen LogP contribution is 2.45. The lowest BCUT2D eigenvalue weighted by Crippen LogP contribution is -2.33. The summed E-state index contributed by atoms with van der Waals surface area (Å²) in [5, 5.41) is 18.0. The number of aldehydes is 5. The summed E-state index contributed by atoms with van der Waals surface area (Å²) in [5.41, 5.74) is 3.09. The SMILES string of the molecule is CC(C)(C=O)CO.CC(C)C=O.CCOC(=O)C=P(c1ccccc1)(c1ccccc1)c1ccccc1.CCOC(=O)CC1CCNCC1.O=C1CCN(Cc2ccccc2)CC1.[2H]C(=O)C(C)C.[2H]C(=O)C([2H])(C([2H])([2H])[2H])C([2H])([2H])[2H].[2H]C(=O)C([2H])(C([2H])([2H])[2H])C([2H])([2H])[2H].[2H]C(C(=O)OCC)=P(c1ccccc1)(c1ccccc1)c1ccccc1.[2H]C([2H])=O.[2H]C1([2H])C(=O)C([2H])([2H])C([2H])([2H])N(Cc2ccccc2)C1([2H])[2H].[2H]C1([2H])CC(=O)CC([2H])([2H])N1Cc1ccccc1.[2H]C1([2H])CN(Cc2ccccc2)CC([2H])([2H])C1=O. The lowest BCUT2D eigenvalue weighted by Gasteiger charge is -2.28. The Bertz CT molecular complexity index is 6820. The Hall–Kier alpha value is -12.3. The van der Waals surface area contributed by atoms with Crippen LogP contribution in [0.5, 0.6) is 0 Å². The number of ether oxygens (including phenoxy) is 3. The average Bonchev–Trinajstić information content (AvgIpc) is 0.692. The molecule has 0 saturated carbocycles. The van der Waals surface area contributed by atoms with Gasteiger partial charge in [-0.3, -0.25) is 43.6 Å². The molecule has 0 radical (unpaired) electrons. The highest BCUT2D eigenvalue weighted by atomic mass is 31.2. The first kappa shape index (κ1) is 80.7. The summed E-state index contributed by atoms with van der Waals surface area (Å²) in [6.45, 7) is -7.31. The molecule has 10 aromatic carbocycles. The largest absolute Gasteiger partial charge is 0.466 e. The van der Waals surface area contributed by atoms with Crippen molar-refractivity contribution in [3.8, 4) is 0 Å². The van der Waals surface area contributed by atoms with Crippen LogP contribution in [0, 0.1) is 35.0 Å². The third kappa shape index (κ3) is 55.3. The number of likely N-dealkylation sites (tertiary alicyclic amines) is 4. The summed E-state index contributed by atoms with van der Waals surface area (Å²) in [5.74, 6) is -7.74. The molecule has 792 valence electrons. The zero-order valence-corrected chi connectivity index (χ0v) is 86.6. The average molecular weight is 2080 g/mol. The van der Waals surface area contributed by atoms with Crippen LogP contribution in [0.2, 0.25) is 0 Å². The summed E-state index contributed by atoms with van der Waals surface area (Å²) in [6.07, 6.45) is -9.46. The van der Waals surface area contributed by atoms with Gasteiger partial charge in [-0.2, -0.15) is 0 Å². The number of piperidine rings is 5. The number of nitrogens with zero attached hydrogens (tertiary/aromatic N) is 4. The fourth-order valence-corrected chi connectivity index (χ4v) is 20.4. The van der Waals surface area contributed by atoms with E-state index in [4.69, 9.17) is 73.5 Å². The molecule has 5 aliphatic rings. The zero-order chi connectivity index (χ0) is 139. The monoisotopic (exact) mass is 2080 g/mol. The number of carbonyl (C=O) groups is 13. The lowest BCUT2D eigenvalue weighted by molar-refractivity contribution is -0.144. The third-order valence-corrected chi connectivity index (χ3v) is 28.1. The molecule has 15 rings (SSSR count). The number of benzene rings is 10. The Kier molecular flexibility index (Phi) is 42.8. The first-order valence-corrected chi connectivity index (χ1v) is 51.3. The van der Waals surface area contributed by atoms with Gasteiger partial charge in [-0.25, -0.2) is 9.59 Å². The maximum absolute atomic E-state index is 12.7. The topological polar surface area (TPSA) is 295 Å². The number of hydrogen-bond acceptors (Lipinski definition) is 22. The van der Waals surface area contributed by atoms with Gasteiger partial charge in [0.2, 0.25) is 0 Å². The Morgan fingerprint density at radius 1 is 0.429 bits per heavy atom. The highest BCUT2D eigenvalue weighted by Gasteiger charge is 2.30. The van der Waals surface area contributed by atoms with Gasteiger partial charge in [0, 0.05) is 218 Å². The number of Topliss-reactive ketones (excluding diaryl/α,β-unsaturated/α-hetero) is 4. The van der Waals surface area contributed by atoms with Gasteiger partial charge < -0.3 is 53.4 Å². The van der Waals surface area contributed by atoms with Crippen LogP contribution in [-0.4, -0.2) is 207 Å². The van der Waals surface area contributed by atoms with Crippen LogP contribution in [0.25, 0.3) is 0 Å². The summed E-state index contributed by atoms with van der Waals surface area (Å²) >= 11 is 0. The van der Waals surface area contributed by atoms with Gasteiger partial charge in [0.25, 0.3) is 0 Å². The predicted octanol–water partition coefficient (Wildman–Crippen LogP) is 18.4. The molecule has 5 fully saturated rings. The molecular weight excluding hydrogens is 1880 g/mol. The summed E-state index contributed by atoms with van der Waals surface area (Å²) in [6, 6.07) is 97.5. The molecule has 0 amide bonds. The first-order valence-electron chi connectivity index (χ1n) is 65.6. The van der Waals surface area contributed by atoms with Crippen LogP contribution >= 0.6 is 13.8 Å². The molecule has 5 heterocycles. The Morgan fingerprint density at radius 3 is 0.993 bits per heavy atom. The summed E-state index contributed by atoms with van der Waals surface area (Å²) in [4.78, 5) is 147. The van der Waals surface area contributed by atoms with Gasteiger partial charge in [0.05, 0.1) is 27.8 Å². The van der Waals surface area contributed by atoms with Crippen LogP contribution in [0.3, 0.4) is 0 Å². The van der Waals surface area contributed by atoms with E-state index in [0.29, 0.717) is 48.3 Å². The van der Waals surface area contributed by atoms with Gasteiger partial charge in [-0.1, -0.05) is 372 Å². The number of rotatable bonds is 27. The molecule has 24 heteroatoms. The van der Waals surface area contributed by atoms with Gasteiger partial charge in [0.15, 0.2) is 0 Å². The second-order valence-corrected chi connectivity index (χ2v) is 39.8. The van der Waals surface area contributed by atoms with E-state index in [1.54, 1.807) is 75.6 Å². The van der Waals surface area contributed by atoms with Crippen molar-refractivity contribution >= 4 is 136 Å². The molecule has 0 bridgehead atoms. The molecule has 5 aliphatic heterocycles. The van der Waals surface area contributed by atoms with Crippen molar-refractivity contribution in [2.45, 2.75) is 186 Å². The molecule has 22 nitrogen and oxygen atoms in total. The minimum absolute atomic E-state index is 0.0166. The number of carbonyl (C=O) groups excluding carboxylic acids is 13. The highest BCUT2D eigenvalue weighted by molar-refractivity contribution is 7.95. The second kappa shape index (κ2) is 78.0. The van der Waals surface area contributed by atoms with Crippen molar-refractivity contribution in [1.29, 1.82) is 0 Å². The van der Waals surface area contributed by atoms with Crippen LogP contribution in [-0.2, 0) is 103 Å². The number of hydrogen-bond donors (Lipinski definition) is 2. The maximum atomic E-state index is 12.7. The molecule has 0 aromatic heterocycles. The molecule has 5 saturated heterocycles. The predicted molar refractivity (Wildman–Crippen MR) is 604 cm³/mol. The molecular formula is C123H163N5O17P2. The van der Waals surface area contributed by atoms with E-state index in [9.17, 15) is 57.5 Å². The zero-order valence-electron chi connectivity index (χ0n) is 121. The molecule has 0 spiro atoms. The lowest BCUT2D eigenvalue weighted by atomic mass is 9.95. The summed E-state index contributed by atoms with van der Waals surface area (Å²) in [7, 11) is 0.